The van der Waals surface area contributed by atoms with Crippen molar-refractivity contribution < 1.29 is 9.59 Å². The molecule has 0 radical (unpaired) electrons. The number of carbonyl (C=O) groups excluding carboxylic acids is 2. The molecule has 2 heterocycles. The van der Waals surface area contributed by atoms with E-state index in [1.54, 1.807) is 0 Å². The van der Waals surface area contributed by atoms with Crippen LogP contribution in [-0.4, -0.2) is 45.7 Å². The van der Waals surface area contributed by atoms with E-state index in [9.17, 15) is 9.59 Å². The van der Waals surface area contributed by atoms with Gasteiger partial charge in [-0.1, -0.05) is 40.2 Å². The second kappa shape index (κ2) is 11.0. The molecule has 1 N–H and O–H groups in total. The zero-order valence-corrected chi connectivity index (χ0v) is 18.6. The number of rotatable bonds is 11. The van der Waals surface area contributed by atoms with Gasteiger partial charge in [-0.05, 0) is 43.7 Å². The van der Waals surface area contributed by atoms with E-state index < -0.39 is 0 Å². The Morgan fingerprint density at radius 2 is 1.76 bits per heavy atom. The van der Waals surface area contributed by atoms with Crippen LogP contribution in [0.5, 0.6) is 0 Å². The van der Waals surface area contributed by atoms with Gasteiger partial charge in [0.2, 0.25) is 5.91 Å². The lowest BCUT2D eigenvalue weighted by Crippen LogP contribution is -2.36. The first kappa shape index (κ1) is 22.9. The summed E-state index contributed by atoms with van der Waals surface area (Å²) in [4.78, 5) is 31.5. The number of hydrogen-bond acceptors (Lipinski definition) is 3. The Labute approximate surface area is 174 Å². The lowest BCUT2D eigenvalue weighted by molar-refractivity contribution is -0.132. The Morgan fingerprint density at radius 1 is 1.07 bits per heavy atom. The van der Waals surface area contributed by atoms with Gasteiger partial charge in [-0.25, -0.2) is 4.98 Å². The van der Waals surface area contributed by atoms with Gasteiger partial charge in [-0.3, -0.25) is 14.0 Å². The van der Waals surface area contributed by atoms with Gasteiger partial charge in [0.25, 0.3) is 5.91 Å². The molecule has 29 heavy (non-hydrogen) atoms. The van der Waals surface area contributed by atoms with Crippen LogP contribution in [0.25, 0.3) is 5.65 Å². The zero-order valence-electron chi connectivity index (χ0n) is 18.6. The van der Waals surface area contributed by atoms with Crippen LogP contribution in [0.1, 0.15) is 69.6 Å². The number of aryl methyl sites for hydroxylation is 1. The number of carbonyl (C=O) groups is 2. The van der Waals surface area contributed by atoms with E-state index in [2.05, 4.69) is 38.0 Å². The summed E-state index contributed by atoms with van der Waals surface area (Å²) in [6, 6.07) is 5.70. The van der Waals surface area contributed by atoms with Crippen molar-refractivity contribution in [2.24, 2.45) is 11.8 Å². The third-order valence-electron chi connectivity index (χ3n) is 4.80. The maximum Gasteiger partial charge on any atom is 0.270 e. The van der Waals surface area contributed by atoms with Gasteiger partial charge in [0.05, 0.1) is 5.69 Å². The number of imidazole rings is 1. The molecule has 0 aliphatic rings. The Morgan fingerprint density at radius 3 is 2.41 bits per heavy atom. The summed E-state index contributed by atoms with van der Waals surface area (Å²) in [6.45, 7) is 12.7. The number of fused-ring (bicyclic) bond motifs is 1. The van der Waals surface area contributed by atoms with E-state index in [4.69, 9.17) is 0 Å². The molecule has 0 saturated carbocycles. The van der Waals surface area contributed by atoms with Crippen molar-refractivity contribution in [2.75, 3.05) is 19.6 Å². The average Bonchev–Trinajstić information content (AvgIpc) is 2.98. The predicted octanol–water partition coefficient (Wildman–Crippen LogP) is 4.07. The summed E-state index contributed by atoms with van der Waals surface area (Å²) in [7, 11) is 0. The minimum absolute atomic E-state index is 0.0997. The van der Waals surface area contributed by atoms with Crippen molar-refractivity contribution in [1.82, 2.24) is 19.6 Å². The van der Waals surface area contributed by atoms with Crippen LogP contribution in [0.3, 0.4) is 0 Å². The minimum Gasteiger partial charge on any atom is -0.351 e. The minimum atomic E-state index is -0.0997. The highest BCUT2D eigenvalue weighted by molar-refractivity contribution is 5.94. The molecule has 0 unspecified atom stereocenters. The Balaban J connectivity index is 1.73. The predicted molar refractivity (Wildman–Crippen MR) is 117 cm³/mol. The van der Waals surface area contributed by atoms with Gasteiger partial charge >= 0.3 is 0 Å². The molecule has 0 fully saturated rings. The second-order valence-corrected chi connectivity index (χ2v) is 8.63. The Kier molecular flexibility index (Phi) is 8.68. The molecule has 0 bridgehead atoms. The van der Waals surface area contributed by atoms with Gasteiger partial charge in [0.15, 0.2) is 0 Å². The smallest absolute Gasteiger partial charge is 0.270 e. The summed E-state index contributed by atoms with van der Waals surface area (Å²) in [5, 5.41) is 2.99. The van der Waals surface area contributed by atoms with Gasteiger partial charge in [-0.15, -0.1) is 0 Å². The van der Waals surface area contributed by atoms with Crippen molar-refractivity contribution in [3.63, 3.8) is 0 Å². The van der Waals surface area contributed by atoms with Gasteiger partial charge < -0.3 is 10.2 Å². The number of amides is 2. The van der Waals surface area contributed by atoms with Gasteiger partial charge in [0, 0.05) is 32.3 Å². The molecule has 0 spiro atoms. The van der Waals surface area contributed by atoms with Crippen molar-refractivity contribution in [1.29, 1.82) is 0 Å². The Bertz CT molecular complexity index is 800. The standard InChI is InChI=1S/C23H36N4O2/c1-17(2)15-26(16-18(3)4)21(28)12-7-6-9-13-24-23(29)22-19(5)25-20-11-8-10-14-27(20)22/h8,10-11,14,17-18H,6-7,9,12-13,15-16H2,1-5H3,(H,24,29). The Hall–Kier alpha value is -2.37. The van der Waals surface area contributed by atoms with E-state index in [0.29, 0.717) is 30.5 Å². The summed E-state index contributed by atoms with van der Waals surface area (Å²) in [5.74, 6) is 1.11. The first-order valence-corrected chi connectivity index (χ1v) is 10.8. The molecule has 0 aliphatic heterocycles. The summed E-state index contributed by atoms with van der Waals surface area (Å²) in [6.07, 6.45) is 5.09. The highest BCUT2D eigenvalue weighted by Gasteiger charge is 2.17. The maximum atomic E-state index is 12.5. The third kappa shape index (κ3) is 6.87. The molecule has 6 nitrogen and oxygen atoms in total. The van der Waals surface area contributed by atoms with Crippen LogP contribution in [-0.2, 0) is 4.79 Å². The summed E-state index contributed by atoms with van der Waals surface area (Å²) < 4.78 is 1.82. The third-order valence-corrected chi connectivity index (χ3v) is 4.80. The highest BCUT2D eigenvalue weighted by Crippen LogP contribution is 2.12. The molecule has 0 aromatic carbocycles. The van der Waals surface area contributed by atoms with Crippen LogP contribution >= 0.6 is 0 Å². The fraction of sp³-hybridized carbons (Fsp3) is 0.609. The van der Waals surface area contributed by atoms with Crippen molar-refractivity contribution in [3.8, 4) is 0 Å². The second-order valence-electron chi connectivity index (χ2n) is 8.63. The normalized spacial score (nSPS) is 11.4. The van der Waals surface area contributed by atoms with Gasteiger partial charge in [0.1, 0.15) is 11.3 Å². The summed E-state index contributed by atoms with van der Waals surface area (Å²) >= 11 is 0. The van der Waals surface area contributed by atoms with Crippen molar-refractivity contribution >= 4 is 17.5 Å². The van der Waals surface area contributed by atoms with Gasteiger partial charge in [-0.2, -0.15) is 0 Å². The first-order valence-electron chi connectivity index (χ1n) is 10.8. The van der Waals surface area contributed by atoms with Crippen LogP contribution in [0.4, 0.5) is 0 Å². The fourth-order valence-electron chi connectivity index (χ4n) is 3.57. The lowest BCUT2D eigenvalue weighted by Gasteiger charge is -2.26. The molecule has 0 atom stereocenters. The molecule has 0 saturated heterocycles. The molecule has 2 aromatic rings. The van der Waals surface area contributed by atoms with E-state index in [-0.39, 0.29) is 11.8 Å². The molecule has 2 rings (SSSR count). The molecule has 2 amide bonds. The number of nitrogens with zero attached hydrogens (tertiary/aromatic N) is 3. The van der Waals surface area contributed by atoms with Crippen LogP contribution < -0.4 is 5.32 Å². The molecule has 0 aliphatic carbocycles. The number of hydrogen-bond donors (Lipinski definition) is 1. The molecular formula is C23H36N4O2. The van der Waals surface area contributed by atoms with E-state index in [1.807, 2.05) is 40.6 Å². The van der Waals surface area contributed by atoms with Crippen LogP contribution in [0, 0.1) is 18.8 Å². The highest BCUT2D eigenvalue weighted by atomic mass is 16.2. The molecule has 160 valence electrons. The SMILES string of the molecule is Cc1nc2ccccn2c1C(=O)NCCCCCC(=O)N(CC(C)C)CC(C)C. The quantitative estimate of drug-likeness (QED) is 0.578. The maximum absolute atomic E-state index is 12.5. The zero-order chi connectivity index (χ0) is 21.4. The number of nitrogens with one attached hydrogen (secondary N) is 1. The molecular weight excluding hydrogens is 364 g/mol. The van der Waals surface area contributed by atoms with E-state index in [1.165, 1.54) is 0 Å². The van der Waals surface area contributed by atoms with E-state index >= 15 is 0 Å². The van der Waals surface area contributed by atoms with Crippen LogP contribution in [0.2, 0.25) is 0 Å². The number of unbranched alkanes of at least 4 members (excludes halogenated alkanes) is 2. The topological polar surface area (TPSA) is 66.7 Å². The first-order chi connectivity index (χ1) is 13.8. The largest absolute Gasteiger partial charge is 0.351 e. The number of aromatic nitrogens is 2. The monoisotopic (exact) mass is 400 g/mol. The lowest BCUT2D eigenvalue weighted by atomic mass is 10.1. The van der Waals surface area contributed by atoms with Crippen LogP contribution in [0.15, 0.2) is 24.4 Å². The van der Waals surface area contributed by atoms with Crippen molar-refractivity contribution in [3.05, 3.63) is 35.8 Å². The average molecular weight is 401 g/mol. The molecule has 2 aromatic heterocycles. The number of pyridine rings is 1. The van der Waals surface area contributed by atoms with Crippen molar-refractivity contribution in [2.45, 2.75) is 60.3 Å². The summed E-state index contributed by atoms with van der Waals surface area (Å²) in [5.41, 5.74) is 2.10. The molecule has 6 heteroatoms. The fourth-order valence-corrected chi connectivity index (χ4v) is 3.57. The van der Waals surface area contributed by atoms with E-state index in [0.717, 1.165) is 43.7 Å².